The van der Waals surface area contributed by atoms with Crippen LogP contribution in [0.5, 0.6) is 11.5 Å². The predicted octanol–water partition coefficient (Wildman–Crippen LogP) is 3.53. The number of benzene rings is 2. The maximum absolute atomic E-state index is 11.6. The highest BCUT2D eigenvalue weighted by atomic mass is 35.5. The highest BCUT2D eigenvalue weighted by molar-refractivity contribution is 6.36. The molecule has 2 aromatic carbocycles. The van der Waals surface area contributed by atoms with Crippen LogP contribution in [-0.2, 0) is 4.79 Å². The molecule has 0 spiro atoms. The van der Waals surface area contributed by atoms with Gasteiger partial charge in [-0.1, -0.05) is 29.3 Å². The molecule has 7 heteroatoms. The third-order valence-corrected chi connectivity index (χ3v) is 3.35. The number of nitrogens with one attached hydrogen (secondary N) is 1. The molecule has 0 radical (unpaired) electrons. The summed E-state index contributed by atoms with van der Waals surface area (Å²) < 4.78 is 10.4. The van der Waals surface area contributed by atoms with Gasteiger partial charge in [-0.3, -0.25) is 4.79 Å². The molecule has 0 aromatic heterocycles. The molecule has 2 rings (SSSR count). The molecular formula is C16H14Cl2N2O3. The van der Waals surface area contributed by atoms with Crippen LogP contribution < -0.4 is 14.9 Å². The molecule has 0 fully saturated rings. The highest BCUT2D eigenvalue weighted by Crippen LogP contribution is 2.19. The molecule has 0 unspecified atom stereocenters. The highest BCUT2D eigenvalue weighted by Gasteiger charge is 2.02. The van der Waals surface area contributed by atoms with Crippen molar-refractivity contribution in [2.75, 3.05) is 13.7 Å². The molecule has 5 nitrogen and oxygen atoms in total. The summed E-state index contributed by atoms with van der Waals surface area (Å²) in [5.74, 6) is 0.888. The van der Waals surface area contributed by atoms with E-state index in [4.69, 9.17) is 32.7 Å². The monoisotopic (exact) mass is 352 g/mol. The molecule has 1 amide bonds. The van der Waals surface area contributed by atoms with Crippen molar-refractivity contribution in [2.45, 2.75) is 0 Å². The topological polar surface area (TPSA) is 59.9 Å². The molecular weight excluding hydrogens is 339 g/mol. The van der Waals surface area contributed by atoms with Crippen LogP contribution in [0.3, 0.4) is 0 Å². The largest absolute Gasteiger partial charge is 0.497 e. The number of carbonyl (C=O) groups excluding carboxylic acids is 1. The minimum Gasteiger partial charge on any atom is -0.497 e. The van der Waals surface area contributed by atoms with E-state index >= 15 is 0 Å². The minimum atomic E-state index is -0.387. The number of amides is 1. The summed E-state index contributed by atoms with van der Waals surface area (Å²) in [6.07, 6.45) is 1.43. The number of hydrogen-bond acceptors (Lipinski definition) is 4. The predicted molar refractivity (Wildman–Crippen MR) is 90.7 cm³/mol. The Labute approximate surface area is 143 Å². The summed E-state index contributed by atoms with van der Waals surface area (Å²) in [6, 6.07) is 11.9. The maximum atomic E-state index is 11.6. The van der Waals surface area contributed by atoms with Gasteiger partial charge in [0.15, 0.2) is 6.61 Å². The van der Waals surface area contributed by atoms with Crippen LogP contribution in [-0.4, -0.2) is 25.8 Å². The Balaban J connectivity index is 1.81. The van der Waals surface area contributed by atoms with Crippen LogP contribution in [0.25, 0.3) is 0 Å². The Morgan fingerprint density at radius 2 is 1.87 bits per heavy atom. The van der Waals surface area contributed by atoms with Gasteiger partial charge in [-0.2, -0.15) is 5.10 Å². The van der Waals surface area contributed by atoms with Gasteiger partial charge < -0.3 is 9.47 Å². The lowest BCUT2D eigenvalue weighted by molar-refractivity contribution is -0.123. The van der Waals surface area contributed by atoms with Gasteiger partial charge in [-0.05, 0) is 36.4 Å². The summed E-state index contributed by atoms with van der Waals surface area (Å²) in [4.78, 5) is 11.6. The van der Waals surface area contributed by atoms with E-state index in [0.29, 0.717) is 27.1 Å². The van der Waals surface area contributed by atoms with Gasteiger partial charge in [0.25, 0.3) is 5.91 Å². The molecule has 0 aliphatic carbocycles. The summed E-state index contributed by atoms with van der Waals surface area (Å²) in [6.45, 7) is -0.155. The number of hydrazone groups is 1. The van der Waals surface area contributed by atoms with Crippen molar-refractivity contribution >= 4 is 35.3 Å². The number of carbonyl (C=O) groups is 1. The van der Waals surface area contributed by atoms with Crippen LogP contribution in [0, 0.1) is 0 Å². The van der Waals surface area contributed by atoms with Crippen LogP contribution in [0.4, 0.5) is 0 Å². The molecule has 23 heavy (non-hydrogen) atoms. The van der Waals surface area contributed by atoms with E-state index in [1.165, 1.54) is 6.21 Å². The van der Waals surface area contributed by atoms with Crippen LogP contribution in [0.2, 0.25) is 10.0 Å². The minimum absolute atomic E-state index is 0.155. The fourth-order valence-electron chi connectivity index (χ4n) is 1.63. The second kappa shape index (κ2) is 8.41. The van der Waals surface area contributed by atoms with E-state index in [-0.39, 0.29) is 12.5 Å². The van der Waals surface area contributed by atoms with Gasteiger partial charge in [0.1, 0.15) is 11.5 Å². The molecule has 0 aliphatic heterocycles. The van der Waals surface area contributed by atoms with Crippen molar-refractivity contribution in [2.24, 2.45) is 5.10 Å². The molecule has 0 saturated carbocycles. The van der Waals surface area contributed by atoms with Crippen LogP contribution >= 0.6 is 23.2 Å². The normalized spacial score (nSPS) is 10.6. The molecule has 0 aliphatic rings. The zero-order chi connectivity index (χ0) is 16.7. The second-order valence-corrected chi connectivity index (χ2v) is 5.27. The molecule has 1 N–H and O–H groups in total. The van der Waals surface area contributed by atoms with Crippen molar-refractivity contribution in [3.8, 4) is 11.5 Å². The van der Waals surface area contributed by atoms with Gasteiger partial charge >= 0.3 is 0 Å². The zero-order valence-corrected chi connectivity index (χ0v) is 13.8. The van der Waals surface area contributed by atoms with Crippen molar-refractivity contribution in [1.29, 1.82) is 0 Å². The van der Waals surface area contributed by atoms with Crippen LogP contribution in [0.15, 0.2) is 47.6 Å². The number of ether oxygens (including phenoxy) is 2. The van der Waals surface area contributed by atoms with Crippen molar-refractivity contribution in [1.82, 2.24) is 5.43 Å². The number of halogens is 2. The number of rotatable bonds is 6. The average molecular weight is 353 g/mol. The first-order chi connectivity index (χ1) is 11.1. The first kappa shape index (κ1) is 17.1. The molecule has 0 atom stereocenters. The van der Waals surface area contributed by atoms with E-state index in [1.807, 2.05) is 0 Å². The van der Waals surface area contributed by atoms with E-state index in [2.05, 4.69) is 10.5 Å². The molecule has 120 valence electrons. The number of hydrogen-bond donors (Lipinski definition) is 1. The van der Waals surface area contributed by atoms with Crippen molar-refractivity contribution in [3.05, 3.63) is 58.1 Å². The lowest BCUT2D eigenvalue weighted by Gasteiger charge is -2.06. The summed E-state index contributed by atoms with van der Waals surface area (Å²) in [7, 11) is 1.58. The maximum Gasteiger partial charge on any atom is 0.277 e. The van der Waals surface area contributed by atoms with Gasteiger partial charge in [0.2, 0.25) is 0 Å². The first-order valence-corrected chi connectivity index (χ1v) is 7.38. The van der Waals surface area contributed by atoms with E-state index < -0.39 is 0 Å². The average Bonchev–Trinajstić information content (AvgIpc) is 2.55. The Kier molecular flexibility index (Phi) is 6.26. The smallest absolute Gasteiger partial charge is 0.277 e. The third-order valence-electron chi connectivity index (χ3n) is 2.78. The molecule has 0 bridgehead atoms. The zero-order valence-electron chi connectivity index (χ0n) is 12.3. The van der Waals surface area contributed by atoms with Gasteiger partial charge in [-0.15, -0.1) is 0 Å². The summed E-state index contributed by atoms with van der Waals surface area (Å²) in [5, 5.41) is 4.80. The van der Waals surface area contributed by atoms with Gasteiger partial charge in [0.05, 0.1) is 18.3 Å². The van der Waals surface area contributed by atoms with Gasteiger partial charge in [-0.25, -0.2) is 5.43 Å². The SMILES string of the molecule is COc1ccc(OCC(=O)NN=Cc2ccc(Cl)cc2Cl)cc1. The molecule has 2 aromatic rings. The lowest BCUT2D eigenvalue weighted by Crippen LogP contribution is -2.24. The van der Waals surface area contributed by atoms with Crippen molar-refractivity contribution in [3.63, 3.8) is 0 Å². The standard InChI is InChI=1S/C16H14Cl2N2O3/c1-22-13-4-6-14(7-5-13)23-10-16(21)20-19-9-11-2-3-12(17)8-15(11)18/h2-9H,10H2,1H3,(H,20,21). The Morgan fingerprint density at radius 1 is 1.17 bits per heavy atom. The molecule has 0 heterocycles. The lowest BCUT2D eigenvalue weighted by atomic mass is 10.2. The summed E-state index contributed by atoms with van der Waals surface area (Å²) >= 11 is 11.8. The quantitative estimate of drug-likeness (QED) is 0.638. The number of methoxy groups -OCH3 is 1. The first-order valence-electron chi connectivity index (χ1n) is 6.62. The Hall–Kier alpha value is -2.24. The van der Waals surface area contributed by atoms with E-state index in [9.17, 15) is 4.79 Å². The molecule has 0 saturated heterocycles. The van der Waals surface area contributed by atoms with Crippen LogP contribution in [0.1, 0.15) is 5.56 Å². The number of nitrogens with zero attached hydrogens (tertiary/aromatic N) is 1. The summed E-state index contributed by atoms with van der Waals surface area (Å²) in [5.41, 5.74) is 3.00. The van der Waals surface area contributed by atoms with Crippen molar-refractivity contribution < 1.29 is 14.3 Å². The fraction of sp³-hybridized carbons (Fsp3) is 0.125. The van der Waals surface area contributed by atoms with E-state index in [0.717, 1.165) is 0 Å². The van der Waals surface area contributed by atoms with Gasteiger partial charge in [0, 0.05) is 10.6 Å². The Bertz CT molecular complexity index is 703. The second-order valence-electron chi connectivity index (χ2n) is 4.42. The third kappa shape index (κ3) is 5.47. The van der Waals surface area contributed by atoms with E-state index in [1.54, 1.807) is 49.6 Å². The fourth-order valence-corrected chi connectivity index (χ4v) is 2.09. The Morgan fingerprint density at radius 3 is 2.52 bits per heavy atom.